The molecule has 0 heterocycles. The van der Waals surface area contributed by atoms with Gasteiger partial charge in [0.2, 0.25) is 0 Å². The van der Waals surface area contributed by atoms with Crippen molar-refractivity contribution < 1.29 is 9.18 Å². The van der Waals surface area contributed by atoms with Gasteiger partial charge in [-0.05, 0) is 58.7 Å². The van der Waals surface area contributed by atoms with Gasteiger partial charge >= 0.3 is 0 Å². The van der Waals surface area contributed by atoms with Gasteiger partial charge in [-0.2, -0.15) is 0 Å². The Kier molecular flexibility index (Phi) is 4.68. The van der Waals surface area contributed by atoms with Crippen LogP contribution in [0.5, 0.6) is 0 Å². The highest BCUT2D eigenvalue weighted by Gasteiger charge is 2.11. The summed E-state index contributed by atoms with van der Waals surface area (Å²) >= 11 is 14.8. The van der Waals surface area contributed by atoms with Gasteiger partial charge in [0.15, 0.2) is 0 Å². The molecule has 0 aromatic heterocycles. The lowest BCUT2D eigenvalue weighted by Crippen LogP contribution is -2.13. The third-order valence-electron chi connectivity index (χ3n) is 2.64. The summed E-state index contributed by atoms with van der Waals surface area (Å²) in [7, 11) is 0. The lowest BCUT2D eigenvalue weighted by Gasteiger charge is -2.10. The van der Waals surface area contributed by atoms with Crippen LogP contribution in [0, 0.1) is 12.7 Å². The summed E-state index contributed by atoms with van der Waals surface area (Å²) in [6, 6.07) is 7.41. The Morgan fingerprint density at radius 1 is 1.15 bits per heavy atom. The van der Waals surface area contributed by atoms with Gasteiger partial charge < -0.3 is 5.32 Å². The molecule has 0 aliphatic heterocycles. The average molecular weight is 377 g/mol. The summed E-state index contributed by atoms with van der Waals surface area (Å²) in [4.78, 5) is 12.1. The molecule has 2 aromatic rings. The predicted octanol–water partition coefficient (Wildman–Crippen LogP) is 5.46. The number of amides is 1. The first-order valence-corrected chi connectivity index (χ1v) is 7.15. The Balaban J connectivity index is 2.30. The molecule has 6 heteroatoms. The minimum Gasteiger partial charge on any atom is -0.322 e. The van der Waals surface area contributed by atoms with Crippen molar-refractivity contribution in [1.82, 2.24) is 0 Å². The van der Waals surface area contributed by atoms with Crippen molar-refractivity contribution in [3.63, 3.8) is 0 Å². The van der Waals surface area contributed by atoms with Crippen molar-refractivity contribution in [3.05, 3.63) is 61.8 Å². The van der Waals surface area contributed by atoms with Crippen molar-refractivity contribution in [2.75, 3.05) is 5.32 Å². The summed E-state index contributed by atoms with van der Waals surface area (Å²) in [6.45, 7) is 1.70. The molecule has 0 aliphatic carbocycles. The fourth-order valence-electron chi connectivity index (χ4n) is 1.66. The number of carbonyl (C=O) groups excluding carboxylic acids is 1. The van der Waals surface area contributed by atoms with Crippen molar-refractivity contribution in [2.24, 2.45) is 0 Å². The Bertz CT molecular complexity index is 671. The van der Waals surface area contributed by atoms with Crippen LogP contribution in [0.4, 0.5) is 10.1 Å². The molecular weight excluding hydrogens is 368 g/mol. The first-order chi connectivity index (χ1) is 9.36. The Hall–Kier alpha value is -1.10. The SMILES string of the molecule is Cc1cc(F)c(Br)cc1NC(=O)c1cc(Cl)cc(Cl)c1. The molecule has 0 fully saturated rings. The summed E-state index contributed by atoms with van der Waals surface area (Å²) < 4.78 is 13.6. The zero-order valence-electron chi connectivity index (χ0n) is 10.3. The fraction of sp³-hybridized carbons (Fsp3) is 0.0714. The number of aryl methyl sites for hydroxylation is 1. The molecule has 1 N–H and O–H groups in total. The highest BCUT2D eigenvalue weighted by Crippen LogP contribution is 2.25. The number of halogens is 4. The second-order valence-electron chi connectivity index (χ2n) is 4.19. The lowest BCUT2D eigenvalue weighted by atomic mass is 10.1. The molecule has 20 heavy (non-hydrogen) atoms. The lowest BCUT2D eigenvalue weighted by molar-refractivity contribution is 0.102. The maximum atomic E-state index is 13.3. The molecule has 0 aliphatic rings. The van der Waals surface area contributed by atoms with Crippen molar-refractivity contribution in [3.8, 4) is 0 Å². The van der Waals surface area contributed by atoms with Gasteiger partial charge in [0.1, 0.15) is 5.82 Å². The Morgan fingerprint density at radius 3 is 2.35 bits per heavy atom. The third kappa shape index (κ3) is 3.51. The van der Waals surface area contributed by atoms with E-state index >= 15 is 0 Å². The molecule has 0 saturated heterocycles. The first-order valence-electron chi connectivity index (χ1n) is 5.60. The van der Waals surface area contributed by atoms with E-state index in [-0.39, 0.29) is 16.2 Å². The van der Waals surface area contributed by atoms with Crippen LogP contribution in [-0.2, 0) is 0 Å². The van der Waals surface area contributed by atoms with Crippen LogP contribution in [0.1, 0.15) is 15.9 Å². The van der Waals surface area contributed by atoms with E-state index in [0.29, 0.717) is 26.9 Å². The van der Waals surface area contributed by atoms with Crippen LogP contribution < -0.4 is 5.32 Å². The van der Waals surface area contributed by atoms with E-state index in [2.05, 4.69) is 21.2 Å². The minimum atomic E-state index is -0.383. The van der Waals surface area contributed by atoms with E-state index < -0.39 is 0 Å². The number of anilines is 1. The van der Waals surface area contributed by atoms with Crippen LogP contribution in [-0.4, -0.2) is 5.91 Å². The van der Waals surface area contributed by atoms with Gasteiger partial charge in [-0.15, -0.1) is 0 Å². The Morgan fingerprint density at radius 2 is 1.75 bits per heavy atom. The molecular formula is C14H9BrCl2FNO. The molecule has 2 nitrogen and oxygen atoms in total. The highest BCUT2D eigenvalue weighted by molar-refractivity contribution is 9.10. The fourth-order valence-corrected chi connectivity index (χ4v) is 2.53. The van der Waals surface area contributed by atoms with Crippen molar-refractivity contribution in [2.45, 2.75) is 6.92 Å². The standard InChI is InChI=1S/C14H9BrCl2FNO/c1-7-2-12(18)11(15)6-13(7)19-14(20)8-3-9(16)5-10(17)4-8/h2-6H,1H3,(H,19,20). The largest absolute Gasteiger partial charge is 0.322 e. The van der Waals surface area contributed by atoms with E-state index in [1.807, 2.05) is 0 Å². The summed E-state index contributed by atoms with van der Waals surface area (Å²) in [5.74, 6) is -0.748. The van der Waals surface area contributed by atoms with Gasteiger partial charge in [0.25, 0.3) is 5.91 Å². The monoisotopic (exact) mass is 375 g/mol. The second-order valence-corrected chi connectivity index (χ2v) is 5.92. The van der Waals surface area contributed by atoms with Crippen LogP contribution in [0.3, 0.4) is 0 Å². The molecule has 0 saturated carbocycles. The van der Waals surface area contributed by atoms with E-state index in [0.717, 1.165) is 0 Å². The van der Waals surface area contributed by atoms with Gasteiger partial charge in [-0.25, -0.2) is 4.39 Å². The molecule has 0 radical (unpaired) electrons. The maximum absolute atomic E-state index is 13.3. The van der Waals surface area contributed by atoms with Crippen LogP contribution in [0.25, 0.3) is 0 Å². The minimum absolute atomic E-state index is 0.280. The second kappa shape index (κ2) is 6.12. The van der Waals surface area contributed by atoms with E-state index in [1.165, 1.54) is 24.3 Å². The molecule has 0 bridgehead atoms. The van der Waals surface area contributed by atoms with Crippen LogP contribution in [0.2, 0.25) is 10.0 Å². The number of hydrogen-bond donors (Lipinski definition) is 1. The summed E-state index contributed by atoms with van der Waals surface area (Å²) in [5, 5.41) is 3.45. The van der Waals surface area contributed by atoms with Gasteiger partial charge in [-0.3, -0.25) is 4.79 Å². The molecule has 0 unspecified atom stereocenters. The number of carbonyl (C=O) groups is 1. The quantitative estimate of drug-likeness (QED) is 0.741. The topological polar surface area (TPSA) is 29.1 Å². The molecule has 0 atom stereocenters. The summed E-state index contributed by atoms with van der Waals surface area (Å²) in [6.07, 6.45) is 0. The molecule has 2 aromatic carbocycles. The average Bonchev–Trinajstić information content (AvgIpc) is 2.34. The molecule has 104 valence electrons. The highest BCUT2D eigenvalue weighted by atomic mass is 79.9. The maximum Gasteiger partial charge on any atom is 0.255 e. The zero-order valence-corrected chi connectivity index (χ0v) is 13.4. The smallest absolute Gasteiger partial charge is 0.255 e. The van der Waals surface area contributed by atoms with E-state index in [9.17, 15) is 9.18 Å². The predicted molar refractivity (Wildman–Crippen MR) is 83.3 cm³/mol. The Labute approximate surface area is 134 Å². The number of nitrogens with one attached hydrogen (secondary N) is 1. The number of benzene rings is 2. The third-order valence-corrected chi connectivity index (χ3v) is 3.68. The van der Waals surface area contributed by atoms with E-state index in [1.54, 1.807) is 13.0 Å². The molecule has 1 amide bonds. The molecule has 0 spiro atoms. The summed E-state index contributed by atoms with van der Waals surface area (Å²) in [5.41, 5.74) is 1.47. The number of hydrogen-bond acceptors (Lipinski definition) is 1. The van der Waals surface area contributed by atoms with Crippen LogP contribution >= 0.6 is 39.1 Å². The number of rotatable bonds is 2. The normalized spacial score (nSPS) is 10.4. The van der Waals surface area contributed by atoms with Gasteiger partial charge in [0.05, 0.1) is 4.47 Å². The first kappa shape index (κ1) is 15.3. The van der Waals surface area contributed by atoms with Gasteiger partial charge in [-0.1, -0.05) is 23.2 Å². The zero-order chi connectivity index (χ0) is 14.9. The van der Waals surface area contributed by atoms with Crippen molar-refractivity contribution >= 4 is 50.7 Å². The molecule has 2 rings (SSSR count). The van der Waals surface area contributed by atoms with Crippen molar-refractivity contribution in [1.29, 1.82) is 0 Å². The van der Waals surface area contributed by atoms with Crippen LogP contribution in [0.15, 0.2) is 34.8 Å². The van der Waals surface area contributed by atoms with Gasteiger partial charge in [0, 0.05) is 21.3 Å². The van der Waals surface area contributed by atoms with E-state index in [4.69, 9.17) is 23.2 Å².